The molecule has 0 saturated carbocycles. The standard InChI is InChI=1S/C17H17BrN2O2S/c1-11-3-5-13(6-4-11)19-17(23)20-16(21)10-22-14-7-8-15(18)12(2)9-14/h3-9H,10H2,1-2H3,(H2,19,20,21,23). The molecule has 0 aliphatic carbocycles. The molecule has 0 heterocycles. The average molecular weight is 393 g/mol. The van der Waals surface area contributed by atoms with Gasteiger partial charge in [0.15, 0.2) is 11.7 Å². The molecule has 0 aromatic heterocycles. The predicted molar refractivity (Wildman–Crippen MR) is 99.9 cm³/mol. The number of hydrogen-bond acceptors (Lipinski definition) is 3. The third-order valence-electron chi connectivity index (χ3n) is 3.06. The molecule has 0 radical (unpaired) electrons. The number of halogens is 1. The molecule has 2 rings (SSSR count). The van der Waals surface area contributed by atoms with Gasteiger partial charge in [-0.25, -0.2) is 0 Å². The van der Waals surface area contributed by atoms with E-state index >= 15 is 0 Å². The molecule has 1 amide bonds. The van der Waals surface area contributed by atoms with Crippen molar-refractivity contribution in [2.24, 2.45) is 0 Å². The van der Waals surface area contributed by atoms with E-state index in [0.29, 0.717) is 5.75 Å². The fourth-order valence-electron chi connectivity index (χ4n) is 1.82. The van der Waals surface area contributed by atoms with E-state index in [-0.39, 0.29) is 17.6 Å². The number of hydrogen-bond donors (Lipinski definition) is 2. The zero-order valence-electron chi connectivity index (χ0n) is 12.9. The van der Waals surface area contributed by atoms with E-state index < -0.39 is 0 Å². The first-order valence-corrected chi connectivity index (χ1v) is 8.20. The summed E-state index contributed by atoms with van der Waals surface area (Å²) < 4.78 is 6.45. The van der Waals surface area contributed by atoms with Crippen molar-refractivity contribution in [2.75, 3.05) is 11.9 Å². The number of anilines is 1. The van der Waals surface area contributed by atoms with Gasteiger partial charge in [0, 0.05) is 10.2 Å². The Labute approximate surface area is 149 Å². The second kappa shape index (κ2) is 8.08. The summed E-state index contributed by atoms with van der Waals surface area (Å²) in [6, 6.07) is 13.3. The van der Waals surface area contributed by atoms with Gasteiger partial charge < -0.3 is 10.1 Å². The van der Waals surface area contributed by atoms with Crippen molar-refractivity contribution in [3.8, 4) is 5.75 Å². The van der Waals surface area contributed by atoms with Crippen LogP contribution in [0, 0.1) is 13.8 Å². The van der Waals surface area contributed by atoms with Gasteiger partial charge in [0.25, 0.3) is 5.91 Å². The highest BCUT2D eigenvalue weighted by Crippen LogP contribution is 2.21. The second-order valence-corrected chi connectivity index (χ2v) is 6.33. The van der Waals surface area contributed by atoms with Crippen LogP contribution in [0.1, 0.15) is 11.1 Å². The highest BCUT2D eigenvalue weighted by molar-refractivity contribution is 9.10. The molecule has 6 heteroatoms. The zero-order chi connectivity index (χ0) is 16.8. The van der Waals surface area contributed by atoms with Crippen molar-refractivity contribution in [1.29, 1.82) is 0 Å². The molecule has 120 valence electrons. The molecule has 2 aromatic rings. The molecule has 4 nitrogen and oxygen atoms in total. The first-order chi connectivity index (χ1) is 10.9. The zero-order valence-corrected chi connectivity index (χ0v) is 15.3. The minimum atomic E-state index is -0.310. The van der Waals surface area contributed by atoms with E-state index in [4.69, 9.17) is 17.0 Å². The average Bonchev–Trinajstić information content (AvgIpc) is 2.51. The van der Waals surface area contributed by atoms with E-state index in [1.54, 1.807) is 6.07 Å². The van der Waals surface area contributed by atoms with Crippen molar-refractivity contribution >= 4 is 44.9 Å². The molecule has 0 atom stereocenters. The summed E-state index contributed by atoms with van der Waals surface area (Å²) in [7, 11) is 0. The molecule has 0 spiro atoms. The maximum atomic E-state index is 11.9. The van der Waals surface area contributed by atoms with Gasteiger partial charge in [0.2, 0.25) is 0 Å². The van der Waals surface area contributed by atoms with Crippen molar-refractivity contribution in [2.45, 2.75) is 13.8 Å². The lowest BCUT2D eigenvalue weighted by molar-refractivity contribution is -0.121. The third kappa shape index (κ3) is 5.65. The second-order valence-electron chi connectivity index (χ2n) is 5.07. The largest absolute Gasteiger partial charge is 0.484 e. The Bertz CT molecular complexity index is 717. The number of benzene rings is 2. The topological polar surface area (TPSA) is 50.4 Å². The molecule has 23 heavy (non-hydrogen) atoms. The highest BCUT2D eigenvalue weighted by atomic mass is 79.9. The van der Waals surface area contributed by atoms with Crippen LogP contribution < -0.4 is 15.4 Å². The Morgan fingerprint density at radius 1 is 1.17 bits per heavy atom. The lowest BCUT2D eigenvalue weighted by Gasteiger charge is -2.11. The van der Waals surface area contributed by atoms with Gasteiger partial charge in [-0.15, -0.1) is 0 Å². The lowest BCUT2D eigenvalue weighted by Crippen LogP contribution is -2.37. The molecular formula is C17H17BrN2O2S. The van der Waals surface area contributed by atoms with Crippen molar-refractivity contribution in [3.05, 3.63) is 58.1 Å². The fraction of sp³-hybridized carbons (Fsp3) is 0.176. The summed E-state index contributed by atoms with van der Waals surface area (Å²) in [5.74, 6) is 0.327. The Morgan fingerprint density at radius 2 is 1.87 bits per heavy atom. The van der Waals surface area contributed by atoms with E-state index in [9.17, 15) is 4.79 Å². The third-order valence-corrected chi connectivity index (χ3v) is 4.16. The van der Waals surface area contributed by atoms with Crippen molar-refractivity contribution in [3.63, 3.8) is 0 Å². The number of rotatable bonds is 4. The fourth-order valence-corrected chi connectivity index (χ4v) is 2.30. The number of aryl methyl sites for hydroxylation is 2. The SMILES string of the molecule is Cc1ccc(NC(=S)NC(=O)COc2ccc(Br)c(C)c2)cc1. The quantitative estimate of drug-likeness (QED) is 0.773. The molecule has 2 aromatic carbocycles. The van der Waals surface area contributed by atoms with Crippen LogP contribution >= 0.6 is 28.1 Å². The summed E-state index contributed by atoms with van der Waals surface area (Å²) in [4.78, 5) is 11.9. The number of nitrogens with one attached hydrogen (secondary N) is 2. The maximum Gasteiger partial charge on any atom is 0.264 e. The van der Waals surface area contributed by atoms with Gasteiger partial charge in [0.05, 0.1) is 0 Å². The number of ether oxygens (including phenoxy) is 1. The normalized spacial score (nSPS) is 10.0. The van der Waals surface area contributed by atoms with Gasteiger partial charge in [-0.3, -0.25) is 10.1 Å². The number of carbonyl (C=O) groups is 1. The minimum absolute atomic E-state index is 0.100. The van der Waals surface area contributed by atoms with Crippen LogP contribution in [0.25, 0.3) is 0 Å². The monoisotopic (exact) mass is 392 g/mol. The van der Waals surface area contributed by atoms with Crippen LogP contribution in [0.15, 0.2) is 46.9 Å². The first kappa shape index (κ1) is 17.4. The molecule has 2 N–H and O–H groups in total. The van der Waals surface area contributed by atoms with Crippen LogP contribution in [0.2, 0.25) is 0 Å². The van der Waals surface area contributed by atoms with Gasteiger partial charge in [-0.1, -0.05) is 33.6 Å². The van der Waals surface area contributed by atoms with Crippen LogP contribution in [0.4, 0.5) is 5.69 Å². The van der Waals surface area contributed by atoms with E-state index in [1.807, 2.05) is 50.2 Å². The number of carbonyl (C=O) groups excluding carboxylic acids is 1. The van der Waals surface area contributed by atoms with Crippen molar-refractivity contribution < 1.29 is 9.53 Å². The molecule has 0 bridgehead atoms. The van der Waals surface area contributed by atoms with Crippen LogP contribution in [-0.4, -0.2) is 17.6 Å². The minimum Gasteiger partial charge on any atom is -0.484 e. The van der Waals surface area contributed by atoms with E-state index in [0.717, 1.165) is 21.3 Å². The van der Waals surface area contributed by atoms with Crippen LogP contribution in [0.3, 0.4) is 0 Å². The summed E-state index contributed by atoms with van der Waals surface area (Å²) in [6.07, 6.45) is 0. The smallest absolute Gasteiger partial charge is 0.264 e. The number of thiocarbonyl (C=S) groups is 1. The lowest BCUT2D eigenvalue weighted by atomic mass is 10.2. The van der Waals surface area contributed by atoms with Crippen LogP contribution in [-0.2, 0) is 4.79 Å². The first-order valence-electron chi connectivity index (χ1n) is 7.00. The Balaban J connectivity index is 1.80. The molecule has 0 unspecified atom stereocenters. The number of amides is 1. The Kier molecular flexibility index (Phi) is 6.12. The Morgan fingerprint density at radius 3 is 2.52 bits per heavy atom. The summed E-state index contributed by atoms with van der Waals surface area (Å²) >= 11 is 8.53. The van der Waals surface area contributed by atoms with Crippen LogP contribution in [0.5, 0.6) is 5.75 Å². The molecule has 0 aliphatic rings. The van der Waals surface area contributed by atoms with Gasteiger partial charge in [0.1, 0.15) is 5.75 Å². The maximum absolute atomic E-state index is 11.9. The van der Waals surface area contributed by atoms with Gasteiger partial charge in [-0.2, -0.15) is 0 Å². The van der Waals surface area contributed by atoms with Gasteiger partial charge >= 0.3 is 0 Å². The summed E-state index contributed by atoms with van der Waals surface area (Å²) in [5, 5.41) is 5.78. The predicted octanol–water partition coefficient (Wildman–Crippen LogP) is 3.96. The molecular weight excluding hydrogens is 376 g/mol. The van der Waals surface area contributed by atoms with Crippen molar-refractivity contribution in [1.82, 2.24) is 5.32 Å². The Hall–Kier alpha value is -1.92. The van der Waals surface area contributed by atoms with E-state index in [1.165, 1.54) is 0 Å². The highest BCUT2D eigenvalue weighted by Gasteiger charge is 2.07. The van der Waals surface area contributed by atoms with Gasteiger partial charge in [-0.05, 0) is 62.0 Å². The van der Waals surface area contributed by atoms with E-state index in [2.05, 4.69) is 26.6 Å². The summed E-state index contributed by atoms with van der Waals surface area (Å²) in [5.41, 5.74) is 3.02. The summed E-state index contributed by atoms with van der Waals surface area (Å²) in [6.45, 7) is 3.86. The molecule has 0 aliphatic heterocycles. The molecule has 0 fully saturated rings. The molecule has 0 saturated heterocycles.